The number of aliphatic carboxylic acids is 2. The minimum atomic E-state index is -4.67. The second-order valence-electron chi connectivity index (χ2n) is 3.80. The van der Waals surface area contributed by atoms with Crippen LogP contribution in [0.4, 0.5) is 0 Å². The van der Waals surface area contributed by atoms with E-state index in [9.17, 15) is 9.59 Å². The number of nitrogens with zero attached hydrogens (tertiary/aromatic N) is 3. The van der Waals surface area contributed by atoms with Crippen LogP contribution >= 0.6 is 0 Å². The summed E-state index contributed by atoms with van der Waals surface area (Å²) in [4.78, 5) is 21.8. The fraction of sp³-hybridized carbons (Fsp3) is 0.100. The lowest BCUT2D eigenvalue weighted by atomic mass is 9.91. The van der Waals surface area contributed by atoms with Gasteiger partial charge in [-0.3, -0.25) is 9.11 Å². The predicted molar refractivity (Wildman–Crippen MR) is 70.6 cm³/mol. The number of hydrogen-bond donors (Lipinski definition) is 4. The molecule has 0 unspecified atom stereocenters. The Morgan fingerprint density at radius 1 is 1.09 bits per heavy atom. The van der Waals surface area contributed by atoms with E-state index in [1.54, 1.807) is 0 Å². The lowest BCUT2D eigenvalue weighted by Crippen LogP contribution is -2.13. The van der Waals surface area contributed by atoms with Gasteiger partial charge in [-0.2, -0.15) is 8.42 Å². The van der Waals surface area contributed by atoms with Gasteiger partial charge >= 0.3 is 22.3 Å². The van der Waals surface area contributed by atoms with E-state index in [-0.39, 0.29) is 23.3 Å². The third kappa shape index (κ3) is 5.35. The monoisotopic (exact) mass is 331 g/mol. The maximum absolute atomic E-state index is 11.0. The van der Waals surface area contributed by atoms with Gasteiger partial charge < -0.3 is 10.2 Å². The van der Waals surface area contributed by atoms with E-state index >= 15 is 0 Å². The molecule has 1 aliphatic carbocycles. The molecule has 1 aliphatic heterocycles. The largest absolute Gasteiger partial charge is 0.478 e. The van der Waals surface area contributed by atoms with Crippen LogP contribution in [0.3, 0.4) is 0 Å². The van der Waals surface area contributed by atoms with E-state index in [1.807, 2.05) is 0 Å². The van der Waals surface area contributed by atoms with E-state index in [1.165, 1.54) is 18.4 Å². The van der Waals surface area contributed by atoms with Crippen LogP contribution < -0.4 is 0 Å². The average molecular weight is 331 g/mol. The number of hydrogen-bond acceptors (Lipinski definition) is 7. The van der Waals surface area contributed by atoms with Crippen LogP contribution in [0.15, 0.2) is 50.0 Å². The average Bonchev–Trinajstić information content (AvgIpc) is 2.89. The van der Waals surface area contributed by atoms with Crippen molar-refractivity contribution in [2.75, 3.05) is 0 Å². The molecule has 118 valence electrons. The Kier molecular flexibility index (Phi) is 5.39. The highest BCUT2D eigenvalue weighted by Crippen LogP contribution is 2.29. The quantitative estimate of drug-likeness (QED) is 0.525. The Labute approximate surface area is 123 Å². The molecule has 0 saturated carbocycles. The molecule has 0 aromatic carbocycles. The van der Waals surface area contributed by atoms with Gasteiger partial charge in [0.25, 0.3) is 0 Å². The molecule has 0 radical (unpaired) electrons. The molecule has 0 amide bonds. The SMILES string of the molecule is O=C(O)C1=CC=C(C(=O)O)C(=C2C=NN=N2)C1.O=S(=O)(O)O. The third-order valence-electron chi connectivity index (χ3n) is 2.34. The summed E-state index contributed by atoms with van der Waals surface area (Å²) in [5.41, 5.74) is 0.707. The van der Waals surface area contributed by atoms with E-state index in [0.717, 1.165) is 0 Å². The van der Waals surface area contributed by atoms with Crippen LogP contribution in [0.25, 0.3) is 0 Å². The summed E-state index contributed by atoms with van der Waals surface area (Å²) in [6, 6.07) is 0. The van der Waals surface area contributed by atoms with Crippen molar-refractivity contribution in [3.8, 4) is 0 Å². The van der Waals surface area contributed by atoms with Crippen molar-refractivity contribution in [1.82, 2.24) is 0 Å². The summed E-state index contributed by atoms with van der Waals surface area (Å²) in [7, 11) is -4.67. The third-order valence-corrected chi connectivity index (χ3v) is 2.34. The van der Waals surface area contributed by atoms with Crippen LogP contribution in [0.5, 0.6) is 0 Å². The molecule has 0 bridgehead atoms. The van der Waals surface area contributed by atoms with Crippen molar-refractivity contribution >= 4 is 28.6 Å². The van der Waals surface area contributed by atoms with Crippen LogP contribution in [0, 0.1) is 0 Å². The van der Waals surface area contributed by atoms with Crippen molar-refractivity contribution in [2.45, 2.75) is 6.42 Å². The Morgan fingerprint density at radius 3 is 2.09 bits per heavy atom. The lowest BCUT2D eigenvalue weighted by Gasteiger charge is -2.13. The lowest BCUT2D eigenvalue weighted by molar-refractivity contribution is -0.134. The summed E-state index contributed by atoms with van der Waals surface area (Å²) >= 11 is 0. The fourth-order valence-electron chi connectivity index (χ4n) is 1.52. The van der Waals surface area contributed by atoms with Gasteiger partial charge in [0.2, 0.25) is 0 Å². The van der Waals surface area contributed by atoms with Gasteiger partial charge in [-0.1, -0.05) is 6.08 Å². The standard InChI is InChI=1S/C10H7N3O4.H2O4S/c14-9(15)5-1-2-6(10(16)17)7(3-5)8-4-11-13-12-8;1-5(2,3)4/h1-2,4H,3H2,(H,14,15)(H,16,17);(H2,1,2,3,4). The molecular formula is C10H9N3O8S. The first-order valence-electron chi connectivity index (χ1n) is 5.34. The van der Waals surface area contributed by atoms with E-state index in [0.29, 0.717) is 5.57 Å². The van der Waals surface area contributed by atoms with Gasteiger partial charge in [-0.05, 0) is 11.3 Å². The molecule has 0 aromatic rings. The number of carboxylic acid groups (broad SMARTS) is 2. The molecule has 0 fully saturated rings. The molecule has 2 rings (SSSR count). The Hall–Kier alpha value is -2.70. The van der Waals surface area contributed by atoms with Gasteiger partial charge in [0, 0.05) is 17.6 Å². The molecule has 2 aliphatic rings. The molecule has 4 N–H and O–H groups in total. The second-order valence-corrected chi connectivity index (χ2v) is 4.70. The molecule has 0 atom stereocenters. The Morgan fingerprint density at radius 2 is 1.68 bits per heavy atom. The van der Waals surface area contributed by atoms with E-state index in [2.05, 4.69) is 15.4 Å². The zero-order valence-electron chi connectivity index (χ0n) is 10.6. The summed E-state index contributed by atoms with van der Waals surface area (Å²) in [6.45, 7) is 0. The molecule has 0 saturated heterocycles. The van der Waals surface area contributed by atoms with E-state index in [4.69, 9.17) is 27.7 Å². The highest BCUT2D eigenvalue weighted by Gasteiger charge is 2.24. The highest BCUT2D eigenvalue weighted by molar-refractivity contribution is 7.79. The van der Waals surface area contributed by atoms with E-state index < -0.39 is 22.3 Å². The molecule has 1 heterocycles. The van der Waals surface area contributed by atoms with Crippen molar-refractivity contribution < 1.29 is 37.3 Å². The van der Waals surface area contributed by atoms with Crippen molar-refractivity contribution in [3.05, 3.63) is 34.6 Å². The first kappa shape index (κ1) is 17.4. The highest BCUT2D eigenvalue weighted by atomic mass is 32.3. The number of allylic oxidation sites excluding steroid dienone is 3. The van der Waals surface area contributed by atoms with Gasteiger partial charge in [0.05, 0.1) is 11.8 Å². The van der Waals surface area contributed by atoms with Gasteiger partial charge in [-0.25, -0.2) is 9.59 Å². The molecule has 0 spiro atoms. The Balaban J connectivity index is 0.000000422. The van der Waals surface area contributed by atoms with Crippen LogP contribution in [0.1, 0.15) is 6.42 Å². The summed E-state index contributed by atoms with van der Waals surface area (Å²) in [5, 5.41) is 28.4. The first-order chi connectivity index (χ1) is 10.1. The minimum Gasteiger partial charge on any atom is -0.478 e. The van der Waals surface area contributed by atoms with Crippen molar-refractivity contribution in [1.29, 1.82) is 0 Å². The molecule has 0 aromatic heterocycles. The van der Waals surface area contributed by atoms with Gasteiger partial charge in [0.15, 0.2) is 0 Å². The topological polar surface area (TPSA) is 186 Å². The van der Waals surface area contributed by atoms with Gasteiger partial charge in [-0.15, -0.1) is 10.2 Å². The predicted octanol–water partition coefficient (Wildman–Crippen LogP) is 0.465. The first-order valence-corrected chi connectivity index (χ1v) is 6.74. The number of carboxylic acids is 2. The van der Waals surface area contributed by atoms with Crippen LogP contribution in [-0.2, 0) is 20.0 Å². The van der Waals surface area contributed by atoms with Crippen molar-refractivity contribution in [3.63, 3.8) is 0 Å². The summed E-state index contributed by atoms with van der Waals surface area (Å²) in [5.74, 6) is -2.22. The smallest absolute Gasteiger partial charge is 0.394 e. The summed E-state index contributed by atoms with van der Waals surface area (Å²) < 4.78 is 31.6. The fourth-order valence-corrected chi connectivity index (χ4v) is 1.52. The second kappa shape index (κ2) is 6.84. The molecule has 12 heteroatoms. The minimum absolute atomic E-state index is 0.00611. The van der Waals surface area contributed by atoms with Crippen molar-refractivity contribution in [2.24, 2.45) is 15.4 Å². The molecule has 11 nitrogen and oxygen atoms in total. The zero-order valence-corrected chi connectivity index (χ0v) is 11.4. The Bertz CT molecular complexity index is 735. The van der Waals surface area contributed by atoms with Gasteiger partial charge in [0.1, 0.15) is 5.70 Å². The zero-order chi connectivity index (χ0) is 16.9. The van der Waals surface area contributed by atoms with Crippen LogP contribution in [0.2, 0.25) is 0 Å². The molecule has 22 heavy (non-hydrogen) atoms. The molecular weight excluding hydrogens is 322 g/mol. The maximum Gasteiger partial charge on any atom is 0.394 e. The number of carbonyl (C=O) groups is 2. The normalized spacial score (nSPS) is 19.9. The summed E-state index contributed by atoms with van der Waals surface area (Å²) in [6.07, 6.45) is 3.82. The van der Waals surface area contributed by atoms with Crippen LogP contribution in [-0.4, -0.2) is 45.9 Å². The number of rotatable bonds is 2. The maximum atomic E-state index is 11.0.